The highest BCUT2D eigenvalue weighted by molar-refractivity contribution is 5.90. The second kappa shape index (κ2) is 9.31. The van der Waals surface area contributed by atoms with E-state index in [1.165, 1.54) is 30.0 Å². The van der Waals surface area contributed by atoms with Crippen molar-refractivity contribution in [3.05, 3.63) is 53.6 Å². The van der Waals surface area contributed by atoms with E-state index in [1.54, 1.807) is 7.11 Å². The first-order valence-corrected chi connectivity index (χ1v) is 9.65. The summed E-state index contributed by atoms with van der Waals surface area (Å²) >= 11 is 0. The molecule has 0 unspecified atom stereocenters. The number of hydrogen-bond donors (Lipinski definition) is 1. The summed E-state index contributed by atoms with van der Waals surface area (Å²) in [6.45, 7) is 2.22. The molecule has 3 rings (SSSR count). The van der Waals surface area contributed by atoms with Crippen molar-refractivity contribution >= 4 is 16.8 Å². The third kappa shape index (κ3) is 4.53. The Labute approximate surface area is 156 Å². The Bertz CT molecular complexity index is 726. The molecule has 2 aromatic carbocycles. The Hall–Kier alpha value is -1.68. The number of ether oxygens (including phenoxy) is 2. The maximum absolute atomic E-state index is 11.0. The Kier molecular flexibility index (Phi) is 6.84. The number of fused-ring (bicyclic) bond motifs is 1. The molecule has 140 valence electrons. The zero-order valence-electron chi connectivity index (χ0n) is 15.9. The van der Waals surface area contributed by atoms with Gasteiger partial charge in [0.05, 0.1) is 6.10 Å². The van der Waals surface area contributed by atoms with Crippen molar-refractivity contribution < 1.29 is 14.6 Å². The van der Waals surface area contributed by atoms with Gasteiger partial charge < -0.3 is 14.6 Å². The molecule has 0 amide bonds. The van der Waals surface area contributed by atoms with Gasteiger partial charge in [-0.2, -0.15) is 0 Å². The van der Waals surface area contributed by atoms with Gasteiger partial charge in [-0.3, -0.25) is 0 Å². The summed E-state index contributed by atoms with van der Waals surface area (Å²) < 4.78 is 11.0. The van der Waals surface area contributed by atoms with E-state index >= 15 is 0 Å². The van der Waals surface area contributed by atoms with E-state index in [-0.39, 0.29) is 12.9 Å². The molecule has 3 nitrogen and oxygen atoms in total. The van der Waals surface area contributed by atoms with Gasteiger partial charge in [-0.15, -0.1) is 0 Å². The number of aliphatic hydroxyl groups excluding tert-OH is 1. The molecular formula is C23H30O3. The van der Waals surface area contributed by atoms with Crippen molar-refractivity contribution in [2.45, 2.75) is 51.2 Å². The van der Waals surface area contributed by atoms with Crippen molar-refractivity contribution in [2.75, 3.05) is 13.9 Å². The minimum Gasteiger partial charge on any atom is -0.386 e. The van der Waals surface area contributed by atoms with Crippen molar-refractivity contribution in [2.24, 2.45) is 5.92 Å². The van der Waals surface area contributed by atoms with E-state index in [0.29, 0.717) is 5.92 Å². The quantitative estimate of drug-likeness (QED) is 0.697. The van der Waals surface area contributed by atoms with Crippen LogP contribution in [0.2, 0.25) is 0 Å². The van der Waals surface area contributed by atoms with Crippen LogP contribution in [0.1, 0.15) is 44.6 Å². The van der Waals surface area contributed by atoms with Gasteiger partial charge in [0, 0.05) is 7.11 Å². The maximum atomic E-state index is 11.0. The summed E-state index contributed by atoms with van der Waals surface area (Å²) in [5.74, 6) is 0.393. The Morgan fingerprint density at radius 1 is 1.12 bits per heavy atom. The predicted octanol–water partition coefficient (Wildman–Crippen LogP) is 5.17. The number of benzene rings is 2. The molecule has 26 heavy (non-hydrogen) atoms. The van der Waals surface area contributed by atoms with Crippen LogP contribution >= 0.6 is 0 Å². The van der Waals surface area contributed by atoms with Gasteiger partial charge in [-0.1, -0.05) is 67.8 Å². The summed E-state index contributed by atoms with van der Waals surface area (Å²) in [4.78, 5) is 0. The smallest absolute Gasteiger partial charge is 0.146 e. The Morgan fingerprint density at radius 3 is 2.62 bits per heavy atom. The lowest BCUT2D eigenvalue weighted by atomic mass is 9.81. The molecular weight excluding hydrogens is 324 g/mol. The summed E-state index contributed by atoms with van der Waals surface area (Å²) in [5, 5.41) is 13.5. The van der Waals surface area contributed by atoms with E-state index in [0.717, 1.165) is 24.0 Å². The molecule has 0 radical (unpaired) electrons. The molecule has 0 saturated heterocycles. The third-order valence-corrected chi connectivity index (χ3v) is 5.48. The number of rotatable bonds is 7. The second-order valence-electron chi connectivity index (χ2n) is 7.34. The monoisotopic (exact) mass is 354 g/mol. The highest BCUT2D eigenvalue weighted by Crippen LogP contribution is 2.32. The highest BCUT2D eigenvalue weighted by atomic mass is 16.7. The fourth-order valence-corrected chi connectivity index (χ4v) is 4.06. The summed E-state index contributed by atoms with van der Waals surface area (Å²) in [6.07, 6.45) is 7.23. The molecule has 0 heterocycles. The zero-order chi connectivity index (χ0) is 18.4. The first kappa shape index (κ1) is 19.1. The molecule has 0 aliphatic heterocycles. The first-order valence-electron chi connectivity index (χ1n) is 9.65. The topological polar surface area (TPSA) is 38.7 Å². The van der Waals surface area contributed by atoms with Crippen LogP contribution in [0.4, 0.5) is 0 Å². The van der Waals surface area contributed by atoms with Crippen molar-refractivity contribution in [1.82, 2.24) is 0 Å². The summed E-state index contributed by atoms with van der Waals surface area (Å²) in [7, 11) is 1.63. The molecule has 1 aliphatic rings. The Balaban J connectivity index is 1.84. The van der Waals surface area contributed by atoms with E-state index in [9.17, 15) is 5.11 Å². The van der Waals surface area contributed by atoms with E-state index in [2.05, 4.69) is 48.5 Å². The number of hydrogen-bond acceptors (Lipinski definition) is 3. The lowest BCUT2D eigenvalue weighted by molar-refractivity contribution is -0.129. The van der Waals surface area contributed by atoms with Crippen molar-refractivity contribution in [1.29, 1.82) is 0 Å². The molecule has 1 saturated carbocycles. The van der Waals surface area contributed by atoms with Gasteiger partial charge in [-0.05, 0) is 47.6 Å². The van der Waals surface area contributed by atoms with Gasteiger partial charge in [0.25, 0.3) is 0 Å². The van der Waals surface area contributed by atoms with E-state index in [1.807, 2.05) is 6.92 Å². The van der Waals surface area contributed by atoms with Crippen LogP contribution < -0.4 is 0 Å². The van der Waals surface area contributed by atoms with Gasteiger partial charge in [-0.25, -0.2) is 0 Å². The van der Waals surface area contributed by atoms with Crippen LogP contribution in [0.5, 0.6) is 0 Å². The lowest BCUT2D eigenvalue weighted by Gasteiger charge is -2.33. The predicted molar refractivity (Wildman–Crippen MR) is 107 cm³/mol. The third-order valence-electron chi connectivity index (χ3n) is 5.48. The first-order chi connectivity index (χ1) is 12.7. The van der Waals surface area contributed by atoms with Crippen molar-refractivity contribution in [3.8, 4) is 0 Å². The SMILES string of the molecule is COCO[C@H](C1CCCCC1)[C@@H](O)/C(C)=C/c1cccc2ccccc12. The molecule has 1 N–H and O–H groups in total. The highest BCUT2D eigenvalue weighted by Gasteiger charge is 2.31. The van der Waals surface area contributed by atoms with Crippen molar-refractivity contribution in [3.63, 3.8) is 0 Å². The largest absolute Gasteiger partial charge is 0.386 e. The molecule has 1 fully saturated rings. The fraction of sp³-hybridized carbons (Fsp3) is 0.478. The molecule has 2 atom stereocenters. The molecule has 2 aromatic rings. The van der Waals surface area contributed by atoms with Crippen LogP contribution in [0.3, 0.4) is 0 Å². The standard InChI is InChI=1S/C23H30O3/c1-17(15-20-13-8-12-18-9-6-7-14-21(18)20)22(24)23(26-16-25-2)19-10-4-3-5-11-19/h6-9,12-15,19,22-24H,3-5,10-11,16H2,1-2H3/b17-15+/t22-,23+/m0/s1. The van der Waals surface area contributed by atoms with Gasteiger partial charge in [0.15, 0.2) is 0 Å². The normalized spacial score (nSPS) is 18.8. The zero-order valence-corrected chi connectivity index (χ0v) is 15.9. The lowest BCUT2D eigenvalue weighted by Crippen LogP contribution is -2.38. The molecule has 0 aromatic heterocycles. The van der Waals surface area contributed by atoms with Crippen LogP contribution in [-0.4, -0.2) is 31.2 Å². The summed E-state index contributed by atoms with van der Waals surface area (Å²) in [5.41, 5.74) is 2.07. The van der Waals surface area contributed by atoms with Gasteiger partial charge in [0.1, 0.15) is 12.9 Å². The Morgan fingerprint density at radius 2 is 1.85 bits per heavy atom. The van der Waals surface area contributed by atoms with Crippen LogP contribution in [-0.2, 0) is 9.47 Å². The summed E-state index contributed by atoms with van der Waals surface area (Å²) in [6, 6.07) is 14.6. The van der Waals surface area contributed by atoms with Crippen LogP contribution in [0.25, 0.3) is 16.8 Å². The number of aliphatic hydroxyl groups is 1. The average molecular weight is 354 g/mol. The average Bonchev–Trinajstić information content (AvgIpc) is 2.69. The van der Waals surface area contributed by atoms with E-state index in [4.69, 9.17) is 9.47 Å². The molecule has 0 bridgehead atoms. The van der Waals surface area contributed by atoms with E-state index < -0.39 is 6.10 Å². The molecule has 0 spiro atoms. The van der Waals surface area contributed by atoms with Gasteiger partial charge >= 0.3 is 0 Å². The minimum absolute atomic E-state index is 0.207. The second-order valence-corrected chi connectivity index (χ2v) is 7.34. The maximum Gasteiger partial charge on any atom is 0.146 e. The van der Waals surface area contributed by atoms with Gasteiger partial charge in [0.2, 0.25) is 0 Å². The molecule has 1 aliphatic carbocycles. The molecule has 3 heteroatoms. The fourth-order valence-electron chi connectivity index (χ4n) is 4.06. The van der Waals surface area contributed by atoms with Crippen LogP contribution in [0.15, 0.2) is 48.0 Å². The van der Waals surface area contributed by atoms with Crippen LogP contribution in [0, 0.1) is 5.92 Å². The minimum atomic E-state index is -0.618. The number of methoxy groups -OCH3 is 1.